The predicted octanol–water partition coefficient (Wildman–Crippen LogP) is 3.03. The quantitative estimate of drug-likeness (QED) is 0.744. The molecule has 0 aromatic carbocycles. The maximum Gasteiger partial charge on any atom is 0.300 e. The van der Waals surface area contributed by atoms with Crippen LogP contribution in [0.25, 0.3) is 0 Å². The summed E-state index contributed by atoms with van der Waals surface area (Å²) < 4.78 is 0. The third kappa shape index (κ3) is 7.37. The fourth-order valence-corrected chi connectivity index (χ4v) is 1.93. The minimum Gasteiger partial charge on any atom is -0.481 e. The van der Waals surface area contributed by atoms with Gasteiger partial charge in [-0.1, -0.05) is 40.5 Å². The van der Waals surface area contributed by atoms with E-state index in [0.717, 1.165) is 19.8 Å². The van der Waals surface area contributed by atoms with Crippen molar-refractivity contribution in [1.29, 1.82) is 0 Å². The smallest absolute Gasteiger partial charge is 0.300 e. The Kier molecular flexibility index (Phi) is 9.79. The summed E-state index contributed by atoms with van der Waals surface area (Å²) in [6.07, 6.45) is 4.65. The lowest BCUT2D eigenvalue weighted by Gasteiger charge is -2.35. The SMILES string of the molecule is CC(=O)O.CCC(CC)C(N)(CC)CC. The largest absolute Gasteiger partial charge is 0.481 e. The van der Waals surface area contributed by atoms with E-state index in [2.05, 4.69) is 27.7 Å². The molecule has 0 aliphatic rings. The van der Waals surface area contributed by atoms with E-state index in [9.17, 15) is 0 Å². The van der Waals surface area contributed by atoms with Gasteiger partial charge in [-0.25, -0.2) is 0 Å². The van der Waals surface area contributed by atoms with Crippen molar-refractivity contribution >= 4 is 5.97 Å². The van der Waals surface area contributed by atoms with E-state index in [0.29, 0.717) is 5.92 Å². The van der Waals surface area contributed by atoms with Gasteiger partial charge >= 0.3 is 0 Å². The summed E-state index contributed by atoms with van der Waals surface area (Å²) in [6, 6.07) is 0. The van der Waals surface area contributed by atoms with Crippen LogP contribution >= 0.6 is 0 Å². The second-order valence-corrected chi connectivity index (χ2v) is 3.97. The van der Waals surface area contributed by atoms with E-state index in [1.807, 2.05) is 0 Å². The van der Waals surface area contributed by atoms with Gasteiger partial charge < -0.3 is 10.8 Å². The Morgan fingerprint density at radius 1 is 1.20 bits per heavy atom. The molecule has 0 aliphatic carbocycles. The molecule has 3 heteroatoms. The summed E-state index contributed by atoms with van der Waals surface area (Å²) >= 11 is 0. The molecule has 0 saturated carbocycles. The molecule has 0 radical (unpaired) electrons. The van der Waals surface area contributed by atoms with Gasteiger partial charge in [0.1, 0.15) is 0 Å². The van der Waals surface area contributed by atoms with E-state index in [1.54, 1.807) is 0 Å². The van der Waals surface area contributed by atoms with Gasteiger partial charge in [-0.05, 0) is 18.8 Å². The number of carbonyl (C=O) groups is 1. The number of rotatable bonds is 5. The predicted molar refractivity (Wildman–Crippen MR) is 64.9 cm³/mol. The molecule has 0 aliphatic heterocycles. The van der Waals surface area contributed by atoms with Crippen LogP contribution in [0.3, 0.4) is 0 Å². The molecule has 0 heterocycles. The Labute approximate surface area is 94.1 Å². The molecule has 15 heavy (non-hydrogen) atoms. The lowest BCUT2D eigenvalue weighted by Crippen LogP contribution is -2.45. The normalized spacial score (nSPS) is 10.9. The standard InChI is InChI=1S/C10H23N.C2H4O2/c1-5-9(6-2)10(11,7-3)8-4;1-2(3)4/h9H,5-8,11H2,1-4H3;1H3,(H,3,4). The fraction of sp³-hybridized carbons (Fsp3) is 0.917. The number of aliphatic carboxylic acids is 1. The first-order chi connectivity index (χ1) is 6.87. The van der Waals surface area contributed by atoms with Crippen molar-refractivity contribution in [3.63, 3.8) is 0 Å². The number of hydrogen-bond donors (Lipinski definition) is 2. The second-order valence-electron chi connectivity index (χ2n) is 3.97. The summed E-state index contributed by atoms with van der Waals surface area (Å²) in [5.74, 6) is -0.127. The summed E-state index contributed by atoms with van der Waals surface area (Å²) in [5, 5.41) is 7.42. The van der Waals surface area contributed by atoms with E-state index >= 15 is 0 Å². The van der Waals surface area contributed by atoms with Crippen LogP contribution in [0.1, 0.15) is 60.3 Å². The summed E-state index contributed by atoms with van der Waals surface area (Å²) in [7, 11) is 0. The zero-order chi connectivity index (χ0) is 12.5. The lowest BCUT2D eigenvalue weighted by atomic mass is 9.77. The average molecular weight is 217 g/mol. The van der Waals surface area contributed by atoms with Gasteiger partial charge in [0.15, 0.2) is 0 Å². The summed E-state index contributed by atoms with van der Waals surface area (Å²) in [4.78, 5) is 9.00. The first-order valence-corrected chi connectivity index (χ1v) is 5.86. The Morgan fingerprint density at radius 2 is 1.47 bits per heavy atom. The maximum atomic E-state index is 9.00. The number of carboxylic acids is 1. The maximum absolute atomic E-state index is 9.00. The molecule has 0 unspecified atom stereocenters. The Hall–Kier alpha value is -0.570. The third-order valence-electron chi connectivity index (χ3n) is 3.12. The fourth-order valence-electron chi connectivity index (χ4n) is 1.93. The Morgan fingerprint density at radius 3 is 1.53 bits per heavy atom. The van der Waals surface area contributed by atoms with Crippen molar-refractivity contribution in [3.8, 4) is 0 Å². The van der Waals surface area contributed by atoms with Crippen molar-refractivity contribution in [1.82, 2.24) is 0 Å². The molecule has 0 aromatic rings. The Bertz CT molecular complexity index is 157. The highest BCUT2D eigenvalue weighted by Crippen LogP contribution is 2.27. The number of carboxylic acid groups (broad SMARTS) is 1. The van der Waals surface area contributed by atoms with Crippen molar-refractivity contribution in [3.05, 3.63) is 0 Å². The molecule has 3 nitrogen and oxygen atoms in total. The van der Waals surface area contributed by atoms with Crippen molar-refractivity contribution < 1.29 is 9.90 Å². The summed E-state index contributed by atoms with van der Waals surface area (Å²) in [6.45, 7) is 9.95. The van der Waals surface area contributed by atoms with Gasteiger partial charge in [-0.2, -0.15) is 0 Å². The number of hydrogen-bond acceptors (Lipinski definition) is 2. The van der Waals surface area contributed by atoms with E-state index in [4.69, 9.17) is 15.6 Å². The van der Waals surface area contributed by atoms with Crippen LogP contribution in [-0.2, 0) is 4.79 Å². The van der Waals surface area contributed by atoms with Crippen molar-refractivity contribution in [2.45, 2.75) is 65.8 Å². The van der Waals surface area contributed by atoms with Crippen LogP contribution in [0.2, 0.25) is 0 Å². The highest BCUT2D eigenvalue weighted by molar-refractivity contribution is 5.62. The molecule has 0 spiro atoms. The average Bonchev–Trinajstić information content (AvgIpc) is 2.18. The van der Waals surface area contributed by atoms with Crippen LogP contribution in [0.15, 0.2) is 0 Å². The molecule has 0 bridgehead atoms. The van der Waals surface area contributed by atoms with E-state index in [1.165, 1.54) is 12.8 Å². The summed E-state index contributed by atoms with van der Waals surface area (Å²) in [5.41, 5.74) is 6.36. The molecule has 0 amide bonds. The minimum absolute atomic E-state index is 0.101. The van der Waals surface area contributed by atoms with Crippen molar-refractivity contribution in [2.75, 3.05) is 0 Å². The van der Waals surface area contributed by atoms with Crippen LogP contribution in [-0.4, -0.2) is 16.6 Å². The third-order valence-corrected chi connectivity index (χ3v) is 3.12. The highest BCUT2D eigenvalue weighted by Gasteiger charge is 2.28. The van der Waals surface area contributed by atoms with Gasteiger partial charge in [0.25, 0.3) is 5.97 Å². The molecule has 0 aromatic heterocycles. The molecule has 3 N–H and O–H groups in total. The van der Waals surface area contributed by atoms with Crippen LogP contribution in [0.4, 0.5) is 0 Å². The van der Waals surface area contributed by atoms with Crippen LogP contribution in [0.5, 0.6) is 0 Å². The highest BCUT2D eigenvalue weighted by atomic mass is 16.4. The Balaban J connectivity index is 0. The zero-order valence-electron chi connectivity index (χ0n) is 10.8. The van der Waals surface area contributed by atoms with Gasteiger partial charge in [0.2, 0.25) is 0 Å². The van der Waals surface area contributed by atoms with Crippen molar-refractivity contribution in [2.24, 2.45) is 11.7 Å². The van der Waals surface area contributed by atoms with Gasteiger partial charge in [-0.3, -0.25) is 4.79 Å². The van der Waals surface area contributed by atoms with Gasteiger partial charge in [0, 0.05) is 12.5 Å². The molecule has 0 rings (SSSR count). The molecule has 0 atom stereocenters. The topological polar surface area (TPSA) is 63.3 Å². The van der Waals surface area contributed by atoms with E-state index in [-0.39, 0.29) is 5.54 Å². The van der Waals surface area contributed by atoms with Crippen LogP contribution < -0.4 is 5.73 Å². The monoisotopic (exact) mass is 217 g/mol. The number of nitrogens with two attached hydrogens (primary N) is 1. The first kappa shape index (κ1) is 16.8. The zero-order valence-corrected chi connectivity index (χ0v) is 10.8. The lowest BCUT2D eigenvalue weighted by molar-refractivity contribution is -0.134. The molecule has 92 valence electrons. The first-order valence-electron chi connectivity index (χ1n) is 5.86. The van der Waals surface area contributed by atoms with E-state index < -0.39 is 5.97 Å². The van der Waals surface area contributed by atoms with Crippen LogP contribution in [0, 0.1) is 5.92 Å². The molecule has 0 saturated heterocycles. The van der Waals surface area contributed by atoms with Gasteiger partial charge in [-0.15, -0.1) is 0 Å². The van der Waals surface area contributed by atoms with Gasteiger partial charge in [0.05, 0.1) is 0 Å². The molecular formula is C12H27NO2. The minimum atomic E-state index is -0.833. The molecular weight excluding hydrogens is 190 g/mol. The second kappa shape index (κ2) is 8.72. The molecule has 0 fully saturated rings.